The molecule has 3 nitrogen and oxygen atoms in total. The quantitative estimate of drug-likeness (QED) is 0.839. The standard InChI is InChI=1S/C17H26BrNO2/c1-11-5-7-12(8-6-11)16(19-2)13-9-10-14(20-3)15(18)17(13)21-4/h9-12,16,19H,5-8H2,1-4H3. The van der Waals surface area contributed by atoms with Gasteiger partial charge < -0.3 is 14.8 Å². The van der Waals surface area contributed by atoms with E-state index in [1.807, 2.05) is 13.1 Å². The molecule has 1 N–H and O–H groups in total. The fraction of sp³-hybridized carbons (Fsp3) is 0.647. The van der Waals surface area contributed by atoms with Gasteiger partial charge in [0.15, 0.2) is 0 Å². The van der Waals surface area contributed by atoms with Crippen molar-refractivity contribution in [1.29, 1.82) is 0 Å². The molecular weight excluding hydrogens is 330 g/mol. The van der Waals surface area contributed by atoms with E-state index in [2.05, 4.69) is 34.2 Å². The Balaban J connectivity index is 2.31. The smallest absolute Gasteiger partial charge is 0.141 e. The van der Waals surface area contributed by atoms with Crippen LogP contribution in [-0.2, 0) is 0 Å². The average molecular weight is 356 g/mol. The summed E-state index contributed by atoms with van der Waals surface area (Å²) in [6, 6.07) is 4.47. The lowest BCUT2D eigenvalue weighted by molar-refractivity contribution is 0.234. The predicted molar refractivity (Wildman–Crippen MR) is 90.2 cm³/mol. The molecular formula is C17H26BrNO2. The van der Waals surface area contributed by atoms with Crippen LogP contribution in [0.3, 0.4) is 0 Å². The van der Waals surface area contributed by atoms with Gasteiger partial charge in [-0.05, 0) is 59.8 Å². The van der Waals surface area contributed by atoms with E-state index in [1.165, 1.54) is 31.2 Å². The van der Waals surface area contributed by atoms with Crippen LogP contribution in [0.15, 0.2) is 16.6 Å². The van der Waals surface area contributed by atoms with E-state index < -0.39 is 0 Å². The van der Waals surface area contributed by atoms with Crippen molar-refractivity contribution in [2.45, 2.75) is 38.6 Å². The van der Waals surface area contributed by atoms with E-state index in [0.29, 0.717) is 12.0 Å². The largest absolute Gasteiger partial charge is 0.495 e. The Hall–Kier alpha value is -0.740. The zero-order valence-electron chi connectivity index (χ0n) is 13.4. The Morgan fingerprint density at radius 2 is 1.81 bits per heavy atom. The van der Waals surface area contributed by atoms with Crippen LogP contribution >= 0.6 is 15.9 Å². The van der Waals surface area contributed by atoms with Gasteiger partial charge in [0.1, 0.15) is 16.0 Å². The zero-order valence-corrected chi connectivity index (χ0v) is 15.0. The minimum Gasteiger partial charge on any atom is -0.495 e. The molecule has 0 spiro atoms. The first-order valence-electron chi connectivity index (χ1n) is 7.70. The van der Waals surface area contributed by atoms with Crippen LogP contribution in [-0.4, -0.2) is 21.3 Å². The third-order valence-electron chi connectivity index (χ3n) is 4.69. The first-order chi connectivity index (χ1) is 10.1. The number of rotatable bonds is 5. The minimum atomic E-state index is 0.328. The molecule has 1 aliphatic carbocycles. The highest BCUT2D eigenvalue weighted by atomic mass is 79.9. The van der Waals surface area contributed by atoms with Gasteiger partial charge in [0.25, 0.3) is 0 Å². The number of nitrogens with one attached hydrogen (secondary N) is 1. The highest BCUT2D eigenvalue weighted by Gasteiger charge is 2.29. The van der Waals surface area contributed by atoms with E-state index in [-0.39, 0.29) is 0 Å². The minimum absolute atomic E-state index is 0.328. The Morgan fingerprint density at radius 3 is 2.33 bits per heavy atom. The summed E-state index contributed by atoms with van der Waals surface area (Å²) in [5.74, 6) is 3.22. The van der Waals surface area contributed by atoms with Crippen LogP contribution in [0.2, 0.25) is 0 Å². The maximum Gasteiger partial charge on any atom is 0.141 e. The zero-order chi connectivity index (χ0) is 15.4. The number of methoxy groups -OCH3 is 2. The lowest BCUT2D eigenvalue weighted by atomic mass is 9.77. The van der Waals surface area contributed by atoms with E-state index in [9.17, 15) is 0 Å². The van der Waals surface area contributed by atoms with Crippen molar-refractivity contribution in [2.24, 2.45) is 11.8 Å². The Labute approximate surface area is 136 Å². The van der Waals surface area contributed by atoms with Crippen LogP contribution in [0, 0.1) is 11.8 Å². The lowest BCUT2D eigenvalue weighted by Crippen LogP contribution is -2.28. The SMILES string of the molecule is CNC(c1ccc(OC)c(Br)c1OC)C1CCC(C)CC1. The molecule has 1 aromatic rings. The third kappa shape index (κ3) is 3.54. The Kier molecular flexibility index (Phi) is 5.94. The average Bonchev–Trinajstić information content (AvgIpc) is 2.50. The fourth-order valence-electron chi connectivity index (χ4n) is 3.43. The van der Waals surface area contributed by atoms with Crippen LogP contribution in [0.1, 0.15) is 44.2 Å². The number of halogens is 1. The number of hydrogen-bond donors (Lipinski definition) is 1. The summed E-state index contributed by atoms with van der Waals surface area (Å²) in [7, 11) is 5.44. The highest BCUT2D eigenvalue weighted by Crippen LogP contribution is 2.44. The maximum atomic E-state index is 5.65. The van der Waals surface area contributed by atoms with Gasteiger partial charge in [0, 0.05) is 11.6 Å². The molecule has 21 heavy (non-hydrogen) atoms. The fourth-order valence-corrected chi connectivity index (χ4v) is 4.11. The van der Waals surface area contributed by atoms with Gasteiger partial charge in [-0.25, -0.2) is 0 Å². The molecule has 118 valence electrons. The molecule has 0 radical (unpaired) electrons. The van der Waals surface area contributed by atoms with Gasteiger partial charge >= 0.3 is 0 Å². The summed E-state index contributed by atoms with van der Waals surface area (Å²) < 4.78 is 11.9. The van der Waals surface area contributed by atoms with Crippen molar-refractivity contribution < 1.29 is 9.47 Å². The number of hydrogen-bond acceptors (Lipinski definition) is 3. The molecule has 0 bridgehead atoms. The first-order valence-corrected chi connectivity index (χ1v) is 8.49. The molecule has 0 amide bonds. The molecule has 0 heterocycles. The molecule has 1 aromatic carbocycles. The molecule has 0 aliphatic heterocycles. The van der Waals surface area contributed by atoms with Crippen LogP contribution < -0.4 is 14.8 Å². The summed E-state index contributed by atoms with van der Waals surface area (Å²) in [4.78, 5) is 0. The summed E-state index contributed by atoms with van der Waals surface area (Å²) >= 11 is 3.61. The van der Waals surface area contributed by atoms with Crippen molar-refractivity contribution in [3.05, 3.63) is 22.2 Å². The molecule has 1 aliphatic rings. The van der Waals surface area contributed by atoms with Crippen LogP contribution in [0.5, 0.6) is 11.5 Å². The van der Waals surface area contributed by atoms with Crippen molar-refractivity contribution in [3.8, 4) is 11.5 Å². The molecule has 4 heteroatoms. The Bertz CT molecular complexity index is 470. The molecule has 1 fully saturated rings. The molecule has 0 saturated heterocycles. The van der Waals surface area contributed by atoms with Crippen molar-refractivity contribution >= 4 is 15.9 Å². The van der Waals surface area contributed by atoms with E-state index in [0.717, 1.165) is 21.9 Å². The first kappa shape index (κ1) is 16.6. The summed E-state index contributed by atoms with van der Waals surface area (Å²) in [5.41, 5.74) is 1.22. The monoisotopic (exact) mass is 355 g/mol. The topological polar surface area (TPSA) is 30.5 Å². The van der Waals surface area contributed by atoms with Crippen molar-refractivity contribution in [1.82, 2.24) is 5.32 Å². The Morgan fingerprint density at radius 1 is 1.14 bits per heavy atom. The van der Waals surface area contributed by atoms with Gasteiger partial charge in [-0.15, -0.1) is 0 Å². The molecule has 1 saturated carbocycles. The number of benzene rings is 1. The normalized spacial score (nSPS) is 23.7. The molecule has 0 aromatic heterocycles. The van der Waals surface area contributed by atoms with Gasteiger partial charge in [-0.1, -0.05) is 19.8 Å². The lowest BCUT2D eigenvalue weighted by Gasteiger charge is -2.33. The third-order valence-corrected chi connectivity index (χ3v) is 5.45. The molecule has 2 rings (SSSR count). The van der Waals surface area contributed by atoms with E-state index in [1.54, 1.807) is 14.2 Å². The second kappa shape index (κ2) is 7.50. The second-order valence-electron chi connectivity index (χ2n) is 5.99. The van der Waals surface area contributed by atoms with Crippen molar-refractivity contribution in [3.63, 3.8) is 0 Å². The second-order valence-corrected chi connectivity index (χ2v) is 6.78. The molecule has 1 atom stereocenters. The summed E-state index contributed by atoms with van der Waals surface area (Å²) in [5, 5.41) is 3.50. The highest BCUT2D eigenvalue weighted by molar-refractivity contribution is 9.10. The van der Waals surface area contributed by atoms with E-state index in [4.69, 9.17) is 9.47 Å². The predicted octanol–water partition coefficient (Wildman–Crippen LogP) is 4.55. The van der Waals surface area contributed by atoms with Gasteiger partial charge in [-0.2, -0.15) is 0 Å². The molecule has 1 unspecified atom stereocenters. The van der Waals surface area contributed by atoms with Gasteiger partial charge in [0.05, 0.1) is 14.2 Å². The van der Waals surface area contributed by atoms with Crippen LogP contribution in [0.4, 0.5) is 0 Å². The maximum absolute atomic E-state index is 5.65. The number of ether oxygens (including phenoxy) is 2. The summed E-state index contributed by atoms with van der Waals surface area (Å²) in [6.07, 6.45) is 5.20. The summed E-state index contributed by atoms with van der Waals surface area (Å²) in [6.45, 7) is 2.36. The van der Waals surface area contributed by atoms with Gasteiger partial charge in [-0.3, -0.25) is 0 Å². The van der Waals surface area contributed by atoms with Crippen LogP contribution in [0.25, 0.3) is 0 Å². The van der Waals surface area contributed by atoms with E-state index >= 15 is 0 Å². The van der Waals surface area contributed by atoms with Crippen molar-refractivity contribution in [2.75, 3.05) is 21.3 Å². The van der Waals surface area contributed by atoms with Gasteiger partial charge in [0.2, 0.25) is 0 Å².